The number of unbranched alkanes of at least 4 members (excludes halogenated alkanes) is 1. The molecule has 6 N–H and O–H groups in total. The normalized spacial score (nSPS) is 26.7. The van der Waals surface area contributed by atoms with Crippen molar-refractivity contribution in [2.75, 3.05) is 6.61 Å². The Kier molecular flexibility index (Phi) is 7.00. The monoisotopic (exact) mass is 397 g/mol. The molecule has 2 unspecified atom stereocenters. The molecule has 1 aliphatic heterocycles. The van der Waals surface area contributed by atoms with Crippen LogP contribution in [0.25, 0.3) is 0 Å². The van der Waals surface area contributed by atoms with Gasteiger partial charge in [0.15, 0.2) is 0 Å². The number of nitrogens with zero attached hydrogens (tertiary/aromatic N) is 1. The molecule has 0 aromatic heterocycles. The second-order valence-corrected chi connectivity index (χ2v) is 13.0. The van der Waals surface area contributed by atoms with Gasteiger partial charge in [0.05, 0.1) is 0 Å². The fraction of sp³-hybridized carbons (Fsp3) is 1.00. The Labute approximate surface area is 157 Å². The minimum atomic E-state index is -5.66. The maximum atomic E-state index is 11.2. The number of hydrogen-bond donors (Lipinski definition) is 6. The van der Waals surface area contributed by atoms with Crippen molar-refractivity contribution in [3.63, 3.8) is 0 Å². The van der Waals surface area contributed by atoms with Crippen LogP contribution in [0, 0.1) is 0 Å². The van der Waals surface area contributed by atoms with Gasteiger partial charge in [0, 0.05) is 0 Å². The van der Waals surface area contributed by atoms with Crippen LogP contribution in [0.5, 0.6) is 0 Å². The number of aliphatic hydroxyl groups is 3. The van der Waals surface area contributed by atoms with Crippen LogP contribution in [0.15, 0.2) is 0 Å². The third kappa shape index (κ3) is 4.11. The molecule has 26 heavy (non-hydrogen) atoms. The molecule has 1 aliphatic rings. The third-order valence-electron chi connectivity index (χ3n) is 6.03. The van der Waals surface area contributed by atoms with E-state index >= 15 is 0 Å². The molecule has 1 rings (SSSR count). The Morgan fingerprint density at radius 1 is 1.12 bits per heavy atom. The maximum absolute atomic E-state index is 11.2. The van der Waals surface area contributed by atoms with E-state index in [9.17, 15) is 30.0 Å². The number of rotatable bonds is 8. The molecule has 0 amide bonds. The Balaban J connectivity index is 3.61. The summed E-state index contributed by atoms with van der Waals surface area (Å²) in [6.45, 7) is 10.7. The standard InChI is InChI=1S/C18H40NO6P/c1-7-8-10-18(6,26(23,24,25)15(22)9-11-20)19-16(2,3)12-14(21)13-17(19,4)5/h14-15,20-25H,7-13H2,1-6H3. The topological polar surface area (TPSA) is 125 Å². The van der Waals surface area contributed by atoms with E-state index in [1.807, 2.05) is 39.5 Å². The quantitative estimate of drug-likeness (QED) is 0.346. The average Bonchev–Trinajstić information content (AvgIpc) is 2.41. The van der Waals surface area contributed by atoms with Crippen molar-refractivity contribution < 1.29 is 30.0 Å². The summed E-state index contributed by atoms with van der Waals surface area (Å²) in [6.07, 6.45) is 1.68. The molecular formula is C18H40NO6P. The number of hydrogen-bond acceptors (Lipinski definition) is 7. The number of piperidine rings is 1. The van der Waals surface area contributed by atoms with Crippen LogP contribution in [0.4, 0.5) is 0 Å². The van der Waals surface area contributed by atoms with Gasteiger partial charge in [-0.1, -0.05) is 0 Å². The van der Waals surface area contributed by atoms with Gasteiger partial charge in [-0.15, -0.1) is 0 Å². The van der Waals surface area contributed by atoms with Crippen LogP contribution in [0.1, 0.15) is 80.1 Å². The molecule has 0 radical (unpaired) electrons. The SMILES string of the molecule is CCCCC(C)(N1C(C)(C)CC(O)CC1(C)C)P(O)(O)(O)C(O)CCO. The first-order valence-electron chi connectivity index (χ1n) is 9.58. The molecule has 7 nitrogen and oxygen atoms in total. The summed E-state index contributed by atoms with van der Waals surface area (Å²) < 4.78 is 0. The molecule has 1 heterocycles. The average molecular weight is 397 g/mol. The van der Waals surface area contributed by atoms with Gasteiger partial charge < -0.3 is 0 Å². The van der Waals surface area contributed by atoms with Gasteiger partial charge in [-0.3, -0.25) is 0 Å². The molecule has 2 atom stereocenters. The van der Waals surface area contributed by atoms with Crippen molar-refractivity contribution in [2.45, 2.75) is 108 Å². The van der Waals surface area contributed by atoms with E-state index in [-0.39, 0.29) is 12.8 Å². The molecule has 0 bridgehead atoms. The number of likely N-dealkylation sites (tertiary alicyclic amines) is 1. The van der Waals surface area contributed by atoms with E-state index in [0.717, 1.165) is 6.42 Å². The molecule has 0 saturated carbocycles. The summed E-state index contributed by atoms with van der Waals surface area (Å²) in [7, 11) is -5.66. The summed E-state index contributed by atoms with van der Waals surface area (Å²) in [5.41, 5.74) is -1.28. The zero-order valence-electron chi connectivity index (χ0n) is 17.2. The van der Waals surface area contributed by atoms with Gasteiger partial charge in [-0.2, -0.15) is 0 Å². The molecule has 1 saturated heterocycles. The Morgan fingerprint density at radius 3 is 1.96 bits per heavy atom. The molecule has 0 aromatic carbocycles. The van der Waals surface area contributed by atoms with Gasteiger partial charge >= 0.3 is 157 Å². The predicted molar refractivity (Wildman–Crippen MR) is 104 cm³/mol. The summed E-state index contributed by atoms with van der Waals surface area (Å²) in [4.78, 5) is 35.4. The van der Waals surface area contributed by atoms with Crippen LogP contribution >= 0.6 is 7.28 Å². The molecule has 0 aromatic rings. The van der Waals surface area contributed by atoms with Gasteiger partial charge in [0.25, 0.3) is 0 Å². The van der Waals surface area contributed by atoms with Crippen molar-refractivity contribution in [1.82, 2.24) is 4.90 Å². The molecule has 0 aliphatic carbocycles. The minimum absolute atomic E-state index is 0.274. The van der Waals surface area contributed by atoms with E-state index < -0.39 is 42.2 Å². The second kappa shape index (κ2) is 7.53. The van der Waals surface area contributed by atoms with Crippen molar-refractivity contribution in [2.24, 2.45) is 0 Å². The summed E-state index contributed by atoms with van der Waals surface area (Å²) in [5.74, 6) is -1.83. The molecular weight excluding hydrogens is 357 g/mol. The van der Waals surface area contributed by atoms with Gasteiger partial charge in [-0.05, 0) is 0 Å². The van der Waals surface area contributed by atoms with E-state index in [1.54, 1.807) is 6.92 Å². The Hall–Kier alpha value is 0.150. The van der Waals surface area contributed by atoms with Crippen molar-refractivity contribution in [3.05, 3.63) is 0 Å². The first-order chi connectivity index (χ1) is 11.5. The number of aliphatic hydroxyl groups excluding tert-OH is 3. The zero-order chi connectivity index (χ0) is 20.6. The summed E-state index contributed by atoms with van der Waals surface area (Å²) in [6, 6.07) is 0. The van der Waals surface area contributed by atoms with Crippen molar-refractivity contribution >= 4 is 7.28 Å². The summed E-state index contributed by atoms with van der Waals surface area (Å²) >= 11 is 0. The first kappa shape index (κ1) is 24.2. The van der Waals surface area contributed by atoms with Crippen LogP contribution in [-0.2, 0) is 0 Å². The fourth-order valence-electron chi connectivity index (χ4n) is 5.24. The van der Waals surface area contributed by atoms with E-state index in [2.05, 4.69) is 0 Å². The third-order valence-corrected chi connectivity index (χ3v) is 9.66. The zero-order valence-corrected chi connectivity index (χ0v) is 18.1. The van der Waals surface area contributed by atoms with Crippen LogP contribution < -0.4 is 0 Å². The van der Waals surface area contributed by atoms with Crippen LogP contribution in [0.3, 0.4) is 0 Å². The van der Waals surface area contributed by atoms with Gasteiger partial charge in [-0.25, -0.2) is 0 Å². The van der Waals surface area contributed by atoms with Gasteiger partial charge in [0.1, 0.15) is 0 Å². The first-order valence-corrected chi connectivity index (χ1v) is 11.7. The fourth-order valence-corrected chi connectivity index (χ4v) is 7.98. The van der Waals surface area contributed by atoms with E-state index in [4.69, 9.17) is 0 Å². The molecule has 8 heteroatoms. The van der Waals surface area contributed by atoms with Crippen molar-refractivity contribution in [1.29, 1.82) is 0 Å². The molecule has 1 fully saturated rings. The summed E-state index contributed by atoms with van der Waals surface area (Å²) in [5, 5.41) is 28.5. The Bertz CT molecular complexity index is 472. The van der Waals surface area contributed by atoms with Gasteiger partial charge in [0.2, 0.25) is 0 Å². The Morgan fingerprint density at radius 2 is 1.58 bits per heavy atom. The second-order valence-electron chi connectivity index (χ2n) is 9.38. The van der Waals surface area contributed by atoms with Crippen molar-refractivity contribution in [3.8, 4) is 0 Å². The predicted octanol–water partition coefficient (Wildman–Crippen LogP) is 1.88. The molecule has 158 valence electrons. The molecule has 0 spiro atoms. The van der Waals surface area contributed by atoms with E-state index in [0.29, 0.717) is 19.3 Å². The van der Waals surface area contributed by atoms with E-state index in [1.165, 1.54) is 0 Å². The van der Waals surface area contributed by atoms with Crippen LogP contribution in [-0.4, -0.2) is 69.8 Å². The van der Waals surface area contributed by atoms with Crippen LogP contribution in [0.2, 0.25) is 0 Å².